The van der Waals surface area contributed by atoms with Crippen molar-refractivity contribution >= 4 is 23.2 Å². The van der Waals surface area contributed by atoms with Crippen LogP contribution in [0.25, 0.3) is 0 Å². The summed E-state index contributed by atoms with van der Waals surface area (Å²) in [6, 6.07) is -0.0327. The summed E-state index contributed by atoms with van der Waals surface area (Å²) >= 11 is 4.75. The first kappa shape index (κ1) is 10.8. The molecule has 0 aliphatic carbocycles. The fourth-order valence-electron chi connectivity index (χ4n) is 1.46. The lowest BCUT2D eigenvalue weighted by molar-refractivity contribution is 0.215. The van der Waals surface area contributed by atoms with Gasteiger partial charge in [-0.2, -0.15) is 0 Å². The largest absolute Gasteiger partial charge is 0.387 e. The van der Waals surface area contributed by atoms with E-state index in [0.717, 1.165) is 6.54 Å². The number of rotatable bonds is 4. The van der Waals surface area contributed by atoms with Crippen LogP contribution < -0.4 is 11.1 Å². The number of carbonyl (C=O) groups excluding carboxylic acids is 1. The van der Waals surface area contributed by atoms with Crippen LogP contribution in [0.1, 0.15) is 5.82 Å². The van der Waals surface area contributed by atoms with Crippen LogP contribution in [0.5, 0.6) is 0 Å². The Morgan fingerprint density at radius 3 is 3.00 bits per heavy atom. The number of amides is 2. The van der Waals surface area contributed by atoms with Gasteiger partial charge in [-0.05, 0) is 0 Å². The molecule has 2 amide bonds. The summed E-state index contributed by atoms with van der Waals surface area (Å²) in [4.78, 5) is 17.1. The molecule has 8 heteroatoms. The predicted molar refractivity (Wildman–Crippen MR) is 60.9 cm³/mol. The lowest BCUT2D eigenvalue weighted by atomic mass is 10.5. The number of aromatic nitrogens is 3. The fraction of sp³-hybridized carbons (Fsp3) is 0.500. The molecule has 0 aromatic carbocycles. The lowest BCUT2D eigenvalue weighted by Gasteiger charge is -2.12. The number of hydrogen-bond donors (Lipinski definition) is 2. The Hall–Kier alpha value is -1.70. The van der Waals surface area contributed by atoms with Crippen molar-refractivity contribution in [1.82, 2.24) is 25.0 Å². The highest BCUT2D eigenvalue weighted by atomic mass is 32.1. The molecule has 0 unspecified atom stereocenters. The van der Waals surface area contributed by atoms with Crippen LogP contribution in [-0.2, 0) is 6.54 Å². The molecule has 2 rings (SSSR count). The van der Waals surface area contributed by atoms with Gasteiger partial charge in [0.05, 0.1) is 6.54 Å². The van der Waals surface area contributed by atoms with Crippen molar-refractivity contribution in [2.45, 2.75) is 6.54 Å². The number of hydrogen-bond acceptors (Lipinski definition) is 4. The Morgan fingerprint density at radius 1 is 1.62 bits per heavy atom. The topological polar surface area (TPSA) is 89.1 Å². The van der Waals surface area contributed by atoms with Gasteiger partial charge in [0.2, 0.25) is 5.82 Å². The fourth-order valence-corrected chi connectivity index (χ4v) is 1.56. The van der Waals surface area contributed by atoms with Crippen molar-refractivity contribution in [2.24, 2.45) is 5.73 Å². The molecule has 2 heterocycles. The molecule has 3 N–H and O–H groups in total. The zero-order chi connectivity index (χ0) is 11.5. The molecule has 1 fully saturated rings. The van der Waals surface area contributed by atoms with E-state index >= 15 is 0 Å². The smallest absolute Gasteiger partial charge is 0.317 e. The minimum Gasteiger partial charge on any atom is -0.387 e. The van der Waals surface area contributed by atoms with Gasteiger partial charge in [0, 0.05) is 19.6 Å². The van der Waals surface area contributed by atoms with Crippen LogP contribution in [0.2, 0.25) is 0 Å². The van der Waals surface area contributed by atoms with E-state index in [1.807, 2.05) is 0 Å². The lowest BCUT2D eigenvalue weighted by Crippen LogP contribution is -2.31. The monoisotopic (exact) mass is 240 g/mol. The van der Waals surface area contributed by atoms with Gasteiger partial charge >= 0.3 is 6.03 Å². The average Bonchev–Trinajstić information content (AvgIpc) is 2.83. The second kappa shape index (κ2) is 4.44. The van der Waals surface area contributed by atoms with E-state index in [4.69, 9.17) is 18.0 Å². The number of thiocarbonyl (C=S) groups is 1. The molecule has 1 aromatic heterocycles. The second-order valence-corrected chi connectivity index (χ2v) is 3.85. The molecule has 0 spiro atoms. The molecular weight excluding hydrogens is 228 g/mol. The van der Waals surface area contributed by atoms with Crippen LogP contribution >= 0.6 is 12.2 Å². The molecule has 0 saturated carbocycles. The standard InChI is InChI=1S/C8H12N6OS/c9-6(16)7-11-5-14(12-7)4-3-13-2-1-10-8(13)15/h5H,1-4H2,(H2,9,16)(H,10,15). The highest BCUT2D eigenvalue weighted by molar-refractivity contribution is 7.80. The quantitative estimate of drug-likeness (QED) is 0.655. The Bertz CT molecular complexity index is 416. The van der Waals surface area contributed by atoms with E-state index < -0.39 is 0 Å². The maximum atomic E-state index is 11.2. The van der Waals surface area contributed by atoms with Gasteiger partial charge < -0.3 is 16.0 Å². The van der Waals surface area contributed by atoms with Crippen LogP contribution in [0, 0.1) is 0 Å². The summed E-state index contributed by atoms with van der Waals surface area (Å²) in [7, 11) is 0. The molecule has 16 heavy (non-hydrogen) atoms. The van der Waals surface area contributed by atoms with Crippen LogP contribution in [0.4, 0.5) is 4.79 Å². The van der Waals surface area contributed by atoms with Gasteiger partial charge in [0.1, 0.15) is 11.3 Å². The van der Waals surface area contributed by atoms with Crippen LogP contribution in [0.3, 0.4) is 0 Å². The highest BCUT2D eigenvalue weighted by Gasteiger charge is 2.18. The SMILES string of the molecule is NC(=S)c1ncn(CCN2CCNC2=O)n1. The number of urea groups is 1. The van der Waals surface area contributed by atoms with E-state index in [9.17, 15) is 4.79 Å². The molecule has 1 aliphatic rings. The van der Waals surface area contributed by atoms with E-state index in [1.54, 1.807) is 15.9 Å². The Morgan fingerprint density at radius 2 is 2.44 bits per heavy atom. The minimum absolute atomic E-state index is 0.0327. The Kier molecular flexibility index (Phi) is 3.00. The van der Waals surface area contributed by atoms with Crippen molar-refractivity contribution in [1.29, 1.82) is 0 Å². The summed E-state index contributed by atoms with van der Waals surface area (Å²) < 4.78 is 1.63. The zero-order valence-electron chi connectivity index (χ0n) is 8.59. The molecular formula is C8H12N6OS. The van der Waals surface area contributed by atoms with Crippen molar-refractivity contribution in [3.8, 4) is 0 Å². The van der Waals surface area contributed by atoms with Crippen molar-refractivity contribution in [3.05, 3.63) is 12.2 Å². The van der Waals surface area contributed by atoms with Crippen LogP contribution in [0.15, 0.2) is 6.33 Å². The molecule has 0 atom stereocenters. The van der Waals surface area contributed by atoms with E-state index in [0.29, 0.717) is 25.5 Å². The second-order valence-electron chi connectivity index (χ2n) is 3.41. The van der Waals surface area contributed by atoms with Gasteiger partial charge in [-0.1, -0.05) is 12.2 Å². The van der Waals surface area contributed by atoms with Crippen molar-refractivity contribution < 1.29 is 4.79 Å². The molecule has 0 radical (unpaired) electrons. The number of nitrogens with zero attached hydrogens (tertiary/aromatic N) is 4. The van der Waals surface area contributed by atoms with E-state index in [-0.39, 0.29) is 11.0 Å². The highest BCUT2D eigenvalue weighted by Crippen LogP contribution is 1.97. The predicted octanol–water partition coefficient (Wildman–Crippen LogP) is -1.06. The number of nitrogens with two attached hydrogens (primary N) is 1. The van der Waals surface area contributed by atoms with Gasteiger partial charge in [0.15, 0.2) is 0 Å². The first-order chi connectivity index (χ1) is 7.66. The molecule has 1 aromatic rings. The Balaban J connectivity index is 1.89. The molecule has 86 valence electrons. The van der Waals surface area contributed by atoms with Gasteiger partial charge in [0.25, 0.3) is 0 Å². The van der Waals surface area contributed by atoms with E-state index in [2.05, 4.69) is 15.4 Å². The van der Waals surface area contributed by atoms with E-state index in [1.165, 1.54) is 0 Å². The zero-order valence-corrected chi connectivity index (χ0v) is 9.40. The summed E-state index contributed by atoms with van der Waals surface area (Å²) in [5, 5.41) is 6.81. The third-order valence-corrected chi connectivity index (χ3v) is 2.48. The summed E-state index contributed by atoms with van der Waals surface area (Å²) in [6.45, 7) is 2.62. The first-order valence-corrected chi connectivity index (χ1v) is 5.29. The van der Waals surface area contributed by atoms with Crippen molar-refractivity contribution in [2.75, 3.05) is 19.6 Å². The molecule has 7 nitrogen and oxygen atoms in total. The third kappa shape index (κ3) is 2.27. The molecule has 0 bridgehead atoms. The minimum atomic E-state index is -0.0327. The van der Waals surface area contributed by atoms with Gasteiger partial charge in [-0.3, -0.25) is 4.68 Å². The Labute approximate surface area is 97.6 Å². The van der Waals surface area contributed by atoms with Gasteiger partial charge in [-0.25, -0.2) is 9.78 Å². The maximum absolute atomic E-state index is 11.2. The number of nitrogens with one attached hydrogen (secondary N) is 1. The average molecular weight is 240 g/mol. The van der Waals surface area contributed by atoms with Gasteiger partial charge in [-0.15, -0.1) is 5.10 Å². The number of carbonyl (C=O) groups is 1. The van der Waals surface area contributed by atoms with Crippen molar-refractivity contribution in [3.63, 3.8) is 0 Å². The normalized spacial score (nSPS) is 15.2. The summed E-state index contributed by atoms with van der Waals surface area (Å²) in [5.41, 5.74) is 5.39. The summed E-state index contributed by atoms with van der Waals surface area (Å²) in [5.74, 6) is 0.362. The first-order valence-electron chi connectivity index (χ1n) is 4.89. The van der Waals surface area contributed by atoms with Crippen LogP contribution in [-0.4, -0.2) is 50.3 Å². The summed E-state index contributed by atoms with van der Waals surface area (Å²) in [6.07, 6.45) is 1.56. The molecule has 1 aliphatic heterocycles. The maximum Gasteiger partial charge on any atom is 0.317 e. The molecule has 1 saturated heterocycles. The third-order valence-electron chi connectivity index (χ3n) is 2.30.